The minimum Gasteiger partial charge on any atom is -0.293 e. The first kappa shape index (κ1) is 19.9. The number of carbonyl (C=O) groups excluding carboxylic acids is 1. The zero-order chi connectivity index (χ0) is 19.4. The predicted molar refractivity (Wildman–Crippen MR) is 112 cm³/mol. The summed E-state index contributed by atoms with van der Waals surface area (Å²) in [4.78, 5) is 12.4. The van der Waals surface area contributed by atoms with Crippen LogP contribution in [0.4, 0.5) is 4.39 Å². The molecule has 0 unspecified atom stereocenters. The lowest BCUT2D eigenvalue weighted by molar-refractivity contribution is 0.102. The average Bonchev–Trinajstić information content (AvgIpc) is 3.06. The van der Waals surface area contributed by atoms with Crippen LogP contribution in [0.1, 0.15) is 42.1 Å². The van der Waals surface area contributed by atoms with Crippen molar-refractivity contribution in [1.82, 2.24) is 9.78 Å². The summed E-state index contributed by atoms with van der Waals surface area (Å²) in [5, 5.41) is 4.44. The Balaban J connectivity index is 1.66. The van der Waals surface area contributed by atoms with Crippen LogP contribution in [0.5, 0.6) is 0 Å². The summed E-state index contributed by atoms with van der Waals surface area (Å²) in [6, 6.07) is 13.8. The summed E-state index contributed by atoms with van der Waals surface area (Å²) < 4.78 is 15.9. The zero-order valence-electron chi connectivity index (χ0n) is 15.0. The summed E-state index contributed by atoms with van der Waals surface area (Å²) in [6.07, 6.45) is 1.07. The van der Waals surface area contributed by atoms with Gasteiger partial charge in [0, 0.05) is 5.56 Å². The summed E-state index contributed by atoms with van der Waals surface area (Å²) in [7, 11) is 0. The Morgan fingerprint density at radius 2 is 1.89 bits per heavy atom. The molecule has 0 N–H and O–H groups in total. The summed E-state index contributed by atoms with van der Waals surface area (Å²) in [5.74, 6) is 0.547. The molecule has 0 saturated carbocycles. The molecule has 3 rings (SSSR count). The Morgan fingerprint density at radius 1 is 1.22 bits per heavy atom. The lowest BCUT2D eigenvalue weighted by Crippen LogP contribution is -2.03. The lowest BCUT2D eigenvalue weighted by atomic mass is 9.97. The third-order valence-corrected chi connectivity index (χ3v) is 6.71. The van der Waals surface area contributed by atoms with Crippen molar-refractivity contribution in [2.45, 2.75) is 30.5 Å². The minimum absolute atomic E-state index is 0.0603. The topological polar surface area (TPSA) is 34.9 Å². The SMILES string of the molecule is CC[C@H](C)c1ccc(C(=O)CSc2nn(-c3ccc(F)cc3)c(=S)s2)cc1. The molecule has 7 heteroatoms. The monoisotopic (exact) mass is 418 g/mol. The van der Waals surface area contributed by atoms with E-state index in [1.54, 1.807) is 16.8 Å². The van der Waals surface area contributed by atoms with E-state index in [-0.39, 0.29) is 11.6 Å². The van der Waals surface area contributed by atoms with E-state index in [2.05, 4.69) is 18.9 Å². The molecule has 0 aliphatic rings. The number of aromatic nitrogens is 2. The molecule has 0 saturated heterocycles. The molecule has 1 heterocycles. The van der Waals surface area contributed by atoms with E-state index in [0.717, 1.165) is 6.42 Å². The van der Waals surface area contributed by atoms with Crippen molar-refractivity contribution in [3.05, 3.63) is 69.4 Å². The fourth-order valence-corrected chi connectivity index (χ4v) is 4.76. The molecule has 3 nitrogen and oxygen atoms in total. The van der Waals surface area contributed by atoms with E-state index in [1.165, 1.54) is 40.8 Å². The highest BCUT2D eigenvalue weighted by molar-refractivity contribution is 8.01. The van der Waals surface area contributed by atoms with Gasteiger partial charge < -0.3 is 0 Å². The molecule has 0 radical (unpaired) electrons. The number of halogens is 1. The minimum atomic E-state index is -0.306. The Kier molecular flexibility index (Phi) is 6.57. The quantitative estimate of drug-likeness (QED) is 0.256. The molecular formula is C20H19FN2OS3. The van der Waals surface area contributed by atoms with Gasteiger partial charge >= 0.3 is 0 Å². The van der Waals surface area contributed by atoms with E-state index >= 15 is 0 Å². The molecule has 0 fully saturated rings. The molecule has 0 spiro atoms. The molecule has 27 heavy (non-hydrogen) atoms. The molecule has 0 aliphatic heterocycles. The lowest BCUT2D eigenvalue weighted by Gasteiger charge is -2.09. The first-order valence-electron chi connectivity index (χ1n) is 8.60. The van der Waals surface area contributed by atoms with Crippen molar-refractivity contribution in [2.75, 3.05) is 5.75 Å². The Bertz CT molecular complexity index is 978. The molecule has 2 aromatic carbocycles. The standard InChI is InChI=1S/C20H19FN2OS3/c1-3-13(2)14-4-6-15(7-5-14)18(24)12-26-19-22-23(20(25)27-19)17-10-8-16(21)9-11-17/h4-11,13H,3,12H2,1-2H3/t13-/m0/s1. The number of nitrogens with zero attached hydrogens (tertiary/aromatic N) is 2. The van der Waals surface area contributed by atoms with Gasteiger partial charge in [0.2, 0.25) is 0 Å². The van der Waals surface area contributed by atoms with Gasteiger partial charge in [0.15, 0.2) is 14.1 Å². The number of Topliss-reactive ketones (excluding diaryl/α,β-unsaturated/α-hetero) is 1. The van der Waals surface area contributed by atoms with Crippen molar-refractivity contribution in [3.63, 3.8) is 0 Å². The van der Waals surface area contributed by atoms with Crippen molar-refractivity contribution in [2.24, 2.45) is 0 Å². The first-order chi connectivity index (χ1) is 13.0. The maximum Gasteiger partial charge on any atom is 0.184 e. The van der Waals surface area contributed by atoms with Gasteiger partial charge in [0.25, 0.3) is 0 Å². The van der Waals surface area contributed by atoms with Crippen LogP contribution in [0.15, 0.2) is 52.9 Å². The highest BCUT2D eigenvalue weighted by atomic mass is 32.2. The molecule has 0 amide bonds. The van der Waals surface area contributed by atoms with Gasteiger partial charge in [-0.1, -0.05) is 61.2 Å². The van der Waals surface area contributed by atoms with Crippen LogP contribution >= 0.6 is 35.3 Å². The number of thioether (sulfide) groups is 1. The Hall–Kier alpha value is -1.83. The Labute approximate surface area is 171 Å². The highest BCUT2D eigenvalue weighted by Crippen LogP contribution is 2.25. The van der Waals surface area contributed by atoms with Gasteiger partial charge in [0.1, 0.15) is 5.82 Å². The second-order valence-corrected chi connectivity index (χ2v) is 9.01. The van der Waals surface area contributed by atoms with Gasteiger partial charge in [-0.2, -0.15) is 0 Å². The second-order valence-electron chi connectivity index (χ2n) is 6.17. The summed E-state index contributed by atoms with van der Waals surface area (Å²) >= 11 is 8.05. The van der Waals surface area contributed by atoms with Gasteiger partial charge in [-0.3, -0.25) is 4.79 Å². The largest absolute Gasteiger partial charge is 0.293 e. The van der Waals surface area contributed by atoms with E-state index in [0.29, 0.717) is 31.2 Å². The van der Waals surface area contributed by atoms with E-state index in [9.17, 15) is 9.18 Å². The maximum atomic E-state index is 13.1. The van der Waals surface area contributed by atoms with Crippen molar-refractivity contribution < 1.29 is 9.18 Å². The van der Waals surface area contributed by atoms with Crippen LogP contribution in [0, 0.1) is 9.77 Å². The average molecular weight is 419 g/mol. The molecule has 0 bridgehead atoms. The van der Waals surface area contributed by atoms with E-state index in [1.807, 2.05) is 24.3 Å². The van der Waals surface area contributed by atoms with Crippen LogP contribution in [-0.2, 0) is 0 Å². The fraction of sp³-hybridized carbons (Fsp3) is 0.250. The molecule has 0 aliphatic carbocycles. The van der Waals surface area contributed by atoms with Gasteiger partial charge in [-0.05, 0) is 54.4 Å². The van der Waals surface area contributed by atoms with Crippen LogP contribution in [-0.4, -0.2) is 21.3 Å². The number of hydrogen-bond acceptors (Lipinski definition) is 5. The molecule has 140 valence electrons. The smallest absolute Gasteiger partial charge is 0.184 e. The highest BCUT2D eigenvalue weighted by Gasteiger charge is 2.12. The number of rotatable bonds is 7. The maximum absolute atomic E-state index is 13.1. The third kappa shape index (κ3) is 4.91. The van der Waals surface area contributed by atoms with Gasteiger partial charge in [-0.15, -0.1) is 5.10 Å². The number of benzene rings is 2. The molecule has 1 aromatic heterocycles. The van der Waals surface area contributed by atoms with Crippen molar-refractivity contribution in [1.29, 1.82) is 0 Å². The van der Waals surface area contributed by atoms with E-state index < -0.39 is 0 Å². The van der Waals surface area contributed by atoms with E-state index in [4.69, 9.17) is 12.2 Å². The normalized spacial score (nSPS) is 12.1. The van der Waals surface area contributed by atoms with Gasteiger partial charge in [0.05, 0.1) is 11.4 Å². The Morgan fingerprint density at radius 3 is 2.52 bits per heavy atom. The predicted octanol–water partition coefficient (Wildman–Crippen LogP) is 6.29. The fourth-order valence-electron chi connectivity index (χ4n) is 2.51. The zero-order valence-corrected chi connectivity index (χ0v) is 17.5. The van der Waals surface area contributed by atoms with Crippen LogP contribution in [0.3, 0.4) is 0 Å². The van der Waals surface area contributed by atoms with Crippen LogP contribution in [0.25, 0.3) is 5.69 Å². The van der Waals surface area contributed by atoms with Crippen LogP contribution < -0.4 is 0 Å². The molecular weight excluding hydrogens is 399 g/mol. The molecule has 3 aromatic rings. The number of carbonyl (C=O) groups is 1. The van der Waals surface area contributed by atoms with Gasteiger partial charge in [-0.25, -0.2) is 9.07 Å². The second kappa shape index (κ2) is 8.91. The molecule has 1 atom stereocenters. The van der Waals surface area contributed by atoms with Crippen LogP contribution in [0.2, 0.25) is 0 Å². The number of hydrogen-bond donors (Lipinski definition) is 0. The van der Waals surface area contributed by atoms with Crippen molar-refractivity contribution >= 4 is 41.1 Å². The summed E-state index contributed by atoms with van der Waals surface area (Å²) in [5.41, 5.74) is 2.66. The third-order valence-electron chi connectivity index (χ3n) is 4.34. The van der Waals surface area contributed by atoms with Crippen molar-refractivity contribution in [3.8, 4) is 5.69 Å². The first-order valence-corrected chi connectivity index (χ1v) is 10.8. The summed E-state index contributed by atoms with van der Waals surface area (Å²) in [6.45, 7) is 4.33. The number of ketones is 1.